The lowest BCUT2D eigenvalue weighted by atomic mass is 10.2. The predicted octanol–water partition coefficient (Wildman–Crippen LogP) is 4.12. The van der Waals surface area contributed by atoms with Crippen molar-refractivity contribution >= 4 is 5.91 Å². The van der Waals surface area contributed by atoms with Crippen LogP contribution >= 0.6 is 0 Å². The smallest absolute Gasteiger partial charge is 0.258 e. The average molecular weight is 445 g/mol. The van der Waals surface area contributed by atoms with Crippen LogP contribution in [0.15, 0.2) is 77.3 Å². The summed E-state index contributed by atoms with van der Waals surface area (Å²) in [4.78, 5) is 16.6. The third-order valence-electron chi connectivity index (χ3n) is 4.83. The molecule has 3 aromatic carbocycles. The van der Waals surface area contributed by atoms with E-state index in [4.69, 9.17) is 18.7 Å². The molecule has 0 radical (unpaired) electrons. The van der Waals surface area contributed by atoms with Crippen LogP contribution in [0.25, 0.3) is 22.8 Å². The van der Waals surface area contributed by atoms with Crippen molar-refractivity contribution in [3.05, 3.63) is 78.4 Å². The third kappa shape index (κ3) is 5.68. The van der Waals surface area contributed by atoms with E-state index in [2.05, 4.69) is 15.5 Å². The van der Waals surface area contributed by atoms with Gasteiger partial charge in [-0.25, -0.2) is 0 Å². The van der Waals surface area contributed by atoms with E-state index in [1.807, 2.05) is 42.5 Å². The summed E-state index contributed by atoms with van der Waals surface area (Å²) in [5.41, 5.74) is 2.50. The van der Waals surface area contributed by atoms with Crippen LogP contribution in [-0.4, -0.2) is 36.9 Å². The van der Waals surface area contributed by atoms with Crippen LogP contribution in [0.1, 0.15) is 5.56 Å². The molecule has 0 aliphatic rings. The second-order valence-electron chi connectivity index (χ2n) is 7.10. The second-order valence-corrected chi connectivity index (χ2v) is 7.10. The van der Waals surface area contributed by atoms with E-state index in [1.165, 1.54) is 0 Å². The highest BCUT2D eigenvalue weighted by atomic mass is 16.5. The van der Waals surface area contributed by atoms with E-state index < -0.39 is 0 Å². The van der Waals surface area contributed by atoms with Gasteiger partial charge in [0.05, 0.1) is 14.2 Å². The summed E-state index contributed by atoms with van der Waals surface area (Å²) in [6, 6.07) is 22.2. The SMILES string of the molecule is COc1cc(CNC(=O)COc2ccc(-c3nc(-c4ccccc4)no3)cc2)cc(OC)c1. The van der Waals surface area contributed by atoms with Gasteiger partial charge in [-0.15, -0.1) is 0 Å². The Hall–Kier alpha value is -4.33. The summed E-state index contributed by atoms with van der Waals surface area (Å²) < 4.78 is 21.4. The summed E-state index contributed by atoms with van der Waals surface area (Å²) >= 11 is 0. The highest BCUT2D eigenvalue weighted by molar-refractivity contribution is 5.77. The Labute approximate surface area is 191 Å². The summed E-state index contributed by atoms with van der Waals surface area (Å²) in [6.45, 7) is 0.217. The largest absolute Gasteiger partial charge is 0.497 e. The van der Waals surface area contributed by atoms with Crippen LogP contribution in [0.3, 0.4) is 0 Å². The zero-order valence-electron chi connectivity index (χ0n) is 18.3. The van der Waals surface area contributed by atoms with Gasteiger partial charge in [-0.2, -0.15) is 4.98 Å². The van der Waals surface area contributed by atoms with E-state index in [0.717, 1.165) is 16.7 Å². The molecule has 0 aliphatic carbocycles. The number of benzene rings is 3. The van der Waals surface area contributed by atoms with Crippen molar-refractivity contribution in [1.29, 1.82) is 0 Å². The molecule has 4 aromatic rings. The van der Waals surface area contributed by atoms with E-state index in [0.29, 0.717) is 35.5 Å². The molecule has 1 N–H and O–H groups in total. The number of amides is 1. The molecule has 8 nitrogen and oxygen atoms in total. The van der Waals surface area contributed by atoms with Crippen molar-refractivity contribution in [2.75, 3.05) is 20.8 Å². The van der Waals surface area contributed by atoms with Gasteiger partial charge >= 0.3 is 0 Å². The summed E-state index contributed by atoms with van der Waals surface area (Å²) in [5.74, 6) is 2.56. The van der Waals surface area contributed by atoms with Crippen molar-refractivity contribution in [3.8, 4) is 40.1 Å². The molecule has 0 unspecified atom stereocenters. The normalized spacial score (nSPS) is 10.5. The standard InChI is InChI=1S/C25H23N3O5/c1-30-21-12-17(13-22(14-21)31-2)15-26-23(29)16-32-20-10-8-19(9-11-20)25-27-24(28-33-25)18-6-4-3-5-7-18/h3-14H,15-16H2,1-2H3,(H,26,29). The van der Waals surface area contributed by atoms with Gasteiger partial charge in [0.25, 0.3) is 11.8 Å². The molecule has 0 saturated heterocycles. The highest BCUT2D eigenvalue weighted by Crippen LogP contribution is 2.24. The molecule has 1 amide bonds. The Bertz CT molecular complexity index is 1180. The van der Waals surface area contributed by atoms with Gasteiger partial charge in [0.1, 0.15) is 17.2 Å². The van der Waals surface area contributed by atoms with Crippen molar-refractivity contribution in [2.24, 2.45) is 0 Å². The zero-order chi connectivity index (χ0) is 23.0. The Morgan fingerprint density at radius 2 is 1.58 bits per heavy atom. The first-order valence-corrected chi connectivity index (χ1v) is 10.3. The molecule has 168 valence electrons. The maximum atomic E-state index is 12.2. The van der Waals surface area contributed by atoms with Crippen LogP contribution in [0.4, 0.5) is 0 Å². The minimum absolute atomic E-state index is 0.112. The van der Waals surface area contributed by atoms with Gasteiger partial charge in [0.15, 0.2) is 6.61 Å². The average Bonchev–Trinajstić information content (AvgIpc) is 3.37. The van der Waals surface area contributed by atoms with Gasteiger partial charge < -0.3 is 24.1 Å². The fourth-order valence-corrected chi connectivity index (χ4v) is 3.11. The number of aromatic nitrogens is 2. The Balaban J connectivity index is 1.30. The molecule has 4 rings (SSSR count). The van der Waals surface area contributed by atoms with Crippen molar-refractivity contribution in [2.45, 2.75) is 6.54 Å². The molecule has 8 heteroatoms. The van der Waals surface area contributed by atoms with Crippen molar-refractivity contribution in [3.63, 3.8) is 0 Å². The molecular weight excluding hydrogens is 422 g/mol. The first kappa shape index (κ1) is 21.9. The number of hydrogen-bond acceptors (Lipinski definition) is 7. The summed E-state index contributed by atoms with van der Waals surface area (Å²) in [5, 5.41) is 6.84. The lowest BCUT2D eigenvalue weighted by Gasteiger charge is -2.10. The first-order valence-electron chi connectivity index (χ1n) is 10.3. The maximum Gasteiger partial charge on any atom is 0.258 e. The zero-order valence-corrected chi connectivity index (χ0v) is 18.3. The first-order chi connectivity index (χ1) is 16.1. The van der Waals surface area contributed by atoms with Crippen LogP contribution in [0.2, 0.25) is 0 Å². The van der Waals surface area contributed by atoms with Crippen LogP contribution in [0, 0.1) is 0 Å². The molecular formula is C25H23N3O5. The quantitative estimate of drug-likeness (QED) is 0.414. The number of carbonyl (C=O) groups excluding carboxylic acids is 1. The molecule has 0 fully saturated rings. The fourth-order valence-electron chi connectivity index (χ4n) is 3.11. The monoisotopic (exact) mass is 445 g/mol. The molecule has 1 aromatic heterocycles. The van der Waals surface area contributed by atoms with Gasteiger partial charge in [-0.3, -0.25) is 4.79 Å². The number of rotatable bonds is 9. The van der Waals surface area contributed by atoms with Crippen LogP contribution < -0.4 is 19.5 Å². The second kappa shape index (κ2) is 10.3. The summed E-state index contributed by atoms with van der Waals surface area (Å²) in [6.07, 6.45) is 0. The molecule has 1 heterocycles. The lowest BCUT2D eigenvalue weighted by Crippen LogP contribution is -2.28. The molecule has 0 aliphatic heterocycles. The van der Waals surface area contributed by atoms with Crippen LogP contribution in [0.5, 0.6) is 17.2 Å². The molecule has 0 saturated carbocycles. The van der Waals surface area contributed by atoms with Crippen LogP contribution in [-0.2, 0) is 11.3 Å². The Kier molecular flexibility index (Phi) is 6.84. The van der Waals surface area contributed by atoms with Crippen molar-refractivity contribution in [1.82, 2.24) is 15.5 Å². The van der Waals surface area contributed by atoms with Gasteiger partial charge in [-0.1, -0.05) is 35.5 Å². The topological polar surface area (TPSA) is 95.7 Å². The predicted molar refractivity (Wildman–Crippen MR) is 122 cm³/mol. The maximum absolute atomic E-state index is 12.2. The van der Waals surface area contributed by atoms with Crippen molar-refractivity contribution < 1.29 is 23.5 Å². The minimum Gasteiger partial charge on any atom is -0.497 e. The number of nitrogens with zero attached hydrogens (tertiary/aromatic N) is 2. The van der Waals surface area contributed by atoms with Gasteiger partial charge in [0.2, 0.25) is 5.82 Å². The van der Waals surface area contributed by atoms with E-state index in [9.17, 15) is 4.79 Å². The molecule has 0 spiro atoms. The number of methoxy groups -OCH3 is 2. The number of carbonyl (C=O) groups is 1. The number of nitrogens with one attached hydrogen (secondary N) is 1. The lowest BCUT2D eigenvalue weighted by molar-refractivity contribution is -0.123. The molecule has 33 heavy (non-hydrogen) atoms. The summed E-state index contributed by atoms with van der Waals surface area (Å²) in [7, 11) is 3.16. The third-order valence-corrected chi connectivity index (χ3v) is 4.83. The van der Waals surface area contributed by atoms with E-state index >= 15 is 0 Å². The van der Waals surface area contributed by atoms with E-state index in [-0.39, 0.29) is 12.5 Å². The molecule has 0 bridgehead atoms. The highest BCUT2D eigenvalue weighted by Gasteiger charge is 2.11. The minimum atomic E-state index is -0.245. The number of hydrogen-bond donors (Lipinski definition) is 1. The fraction of sp³-hybridized carbons (Fsp3) is 0.160. The molecule has 0 atom stereocenters. The van der Waals surface area contributed by atoms with Gasteiger partial charge in [0, 0.05) is 23.7 Å². The van der Waals surface area contributed by atoms with E-state index in [1.54, 1.807) is 44.6 Å². The van der Waals surface area contributed by atoms with Gasteiger partial charge in [-0.05, 0) is 42.0 Å². The number of ether oxygens (including phenoxy) is 3. The Morgan fingerprint density at radius 3 is 2.24 bits per heavy atom. The Morgan fingerprint density at radius 1 is 0.879 bits per heavy atom.